The Hall–Kier alpha value is -2.14. The Balaban J connectivity index is 2.31. The van der Waals surface area contributed by atoms with Gasteiger partial charge in [0.1, 0.15) is 0 Å². The number of nitrogens with two attached hydrogens (primary N) is 1. The van der Waals surface area contributed by atoms with Crippen LogP contribution in [0.15, 0.2) is 36.4 Å². The Morgan fingerprint density at radius 3 is 2.68 bits per heavy atom. The molecule has 0 aliphatic heterocycles. The van der Waals surface area contributed by atoms with Crippen LogP contribution in [0.25, 0.3) is 0 Å². The van der Waals surface area contributed by atoms with Crippen LogP contribution in [0.1, 0.15) is 10.4 Å². The number of nitrogen functional groups attached to an aromatic ring is 1. The molecular weight excluding hydrogens is 274 g/mol. The lowest BCUT2D eigenvalue weighted by molar-refractivity contribution is 0.102. The Morgan fingerprint density at radius 2 is 1.95 bits per heavy atom. The molecule has 0 aromatic heterocycles. The van der Waals surface area contributed by atoms with Gasteiger partial charge in [0.15, 0.2) is 11.6 Å². The first-order valence-electron chi connectivity index (χ1n) is 5.29. The van der Waals surface area contributed by atoms with Crippen LogP contribution in [-0.4, -0.2) is 5.91 Å². The van der Waals surface area contributed by atoms with E-state index in [2.05, 4.69) is 5.32 Å². The summed E-state index contributed by atoms with van der Waals surface area (Å²) in [5, 5.41) is 2.41. The lowest BCUT2D eigenvalue weighted by atomic mass is 10.2. The van der Waals surface area contributed by atoms with Crippen LogP contribution in [0.4, 0.5) is 20.2 Å². The molecule has 0 spiro atoms. The molecule has 0 aliphatic rings. The highest BCUT2D eigenvalue weighted by atomic mass is 35.5. The van der Waals surface area contributed by atoms with Crippen molar-refractivity contribution >= 4 is 28.9 Å². The third-order valence-electron chi connectivity index (χ3n) is 2.43. The van der Waals surface area contributed by atoms with E-state index in [-0.39, 0.29) is 16.3 Å². The van der Waals surface area contributed by atoms with Gasteiger partial charge in [-0.3, -0.25) is 4.79 Å². The average molecular weight is 283 g/mol. The van der Waals surface area contributed by atoms with Crippen LogP contribution in [0.2, 0.25) is 5.02 Å². The van der Waals surface area contributed by atoms with Gasteiger partial charge in [-0.05, 0) is 30.3 Å². The van der Waals surface area contributed by atoms with Crippen molar-refractivity contribution in [3.8, 4) is 0 Å². The number of carbonyl (C=O) groups is 1. The first-order chi connectivity index (χ1) is 8.99. The third kappa shape index (κ3) is 2.82. The van der Waals surface area contributed by atoms with Gasteiger partial charge >= 0.3 is 0 Å². The number of carbonyl (C=O) groups excluding carboxylic acids is 1. The first kappa shape index (κ1) is 13.3. The van der Waals surface area contributed by atoms with Crippen LogP contribution in [0, 0.1) is 11.6 Å². The topological polar surface area (TPSA) is 55.1 Å². The van der Waals surface area contributed by atoms with Crippen molar-refractivity contribution < 1.29 is 13.6 Å². The summed E-state index contributed by atoms with van der Waals surface area (Å²) in [7, 11) is 0. The van der Waals surface area contributed by atoms with Crippen LogP contribution in [0.5, 0.6) is 0 Å². The van der Waals surface area contributed by atoms with Gasteiger partial charge in [-0.1, -0.05) is 17.7 Å². The zero-order valence-corrected chi connectivity index (χ0v) is 10.3. The van der Waals surface area contributed by atoms with E-state index < -0.39 is 17.5 Å². The van der Waals surface area contributed by atoms with Gasteiger partial charge < -0.3 is 11.1 Å². The van der Waals surface area contributed by atoms with Gasteiger partial charge in [0.25, 0.3) is 5.91 Å². The highest BCUT2D eigenvalue weighted by molar-refractivity contribution is 6.34. The molecule has 98 valence electrons. The molecule has 19 heavy (non-hydrogen) atoms. The number of nitrogens with one attached hydrogen (secondary N) is 1. The van der Waals surface area contributed by atoms with Crippen molar-refractivity contribution in [2.45, 2.75) is 0 Å². The van der Waals surface area contributed by atoms with Crippen LogP contribution >= 0.6 is 11.6 Å². The van der Waals surface area contributed by atoms with Crippen molar-refractivity contribution in [1.82, 2.24) is 0 Å². The molecular formula is C13H9ClF2N2O. The fourth-order valence-electron chi connectivity index (χ4n) is 1.51. The van der Waals surface area contributed by atoms with Gasteiger partial charge in [-0.25, -0.2) is 8.78 Å². The molecule has 1 amide bonds. The van der Waals surface area contributed by atoms with E-state index in [1.807, 2.05) is 0 Å². The van der Waals surface area contributed by atoms with Gasteiger partial charge in [0, 0.05) is 5.69 Å². The van der Waals surface area contributed by atoms with E-state index in [4.69, 9.17) is 17.3 Å². The third-order valence-corrected chi connectivity index (χ3v) is 2.76. The molecule has 0 bridgehead atoms. The van der Waals surface area contributed by atoms with Gasteiger partial charge in [-0.15, -0.1) is 0 Å². The molecule has 2 aromatic carbocycles. The summed E-state index contributed by atoms with van der Waals surface area (Å²) in [5.41, 5.74) is 5.71. The minimum atomic E-state index is -1.13. The molecule has 0 fully saturated rings. The second kappa shape index (κ2) is 5.24. The summed E-state index contributed by atoms with van der Waals surface area (Å²) in [6, 6.07) is 7.83. The normalized spacial score (nSPS) is 10.3. The lowest BCUT2D eigenvalue weighted by Crippen LogP contribution is -2.14. The maximum atomic E-state index is 13.4. The van der Waals surface area contributed by atoms with E-state index in [9.17, 15) is 13.6 Å². The zero-order valence-electron chi connectivity index (χ0n) is 9.58. The smallest absolute Gasteiger partial charge is 0.257 e. The highest BCUT2D eigenvalue weighted by Gasteiger charge is 2.14. The molecule has 0 saturated carbocycles. The molecule has 0 atom stereocenters. The maximum Gasteiger partial charge on any atom is 0.257 e. The SMILES string of the molecule is Nc1ccc(Cl)c(C(=O)Nc2cccc(F)c2F)c1. The first-order valence-corrected chi connectivity index (χ1v) is 5.67. The van der Waals surface area contributed by atoms with Crippen molar-refractivity contribution in [3.05, 3.63) is 58.6 Å². The molecule has 3 nitrogen and oxygen atoms in total. The number of anilines is 2. The fraction of sp³-hybridized carbons (Fsp3) is 0. The minimum absolute atomic E-state index is 0.0883. The average Bonchev–Trinajstić information content (AvgIpc) is 2.38. The molecule has 0 aliphatic carbocycles. The predicted molar refractivity (Wildman–Crippen MR) is 70.2 cm³/mol. The standard InChI is InChI=1S/C13H9ClF2N2O/c14-9-5-4-7(17)6-8(9)13(19)18-11-3-1-2-10(15)12(11)16/h1-6H,17H2,(H,18,19). The molecule has 0 saturated heterocycles. The summed E-state index contributed by atoms with van der Waals surface area (Å²) in [6.07, 6.45) is 0. The molecule has 2 rings (SSSR count). The molecule has 0 heterocycles. The Labute approximate surface area is 113 Å². The molecule has 0 radical (unpaired) electrons. The number of halogens is 3. The van der Waals surface area contributed by atoms with Crippen molar-refractivity contribution in [3.63, 3.8) is 0 Å². The number of benzene rings is 2. The summed E-state index contributed by atoms with van der Waals surface area (Å²) in [6.45, 7) is 0. The highest BCUT2D eigenvalue weighted by Crippen LogP contribution is 2.22. The Bertz CT molecular complexity index is 647. The summed E-state index contributed by atoms with van der Waals surface area (Å²) < 4.78 is 26.4. The van der Waals surface area contributed by atoms with E-state index in [0.717, 1.165) is 6.07 Å². The lowest BCUT2D eigenvalue weighted by Gasteiger charge is -2.08. The molecule has 3 N–H and O–H groups in total. The molecule has 6 heteroatoms. The fourth-order valence-corrected chi connectivity index (χ4v) is 1.71. The number of amides is 1. The van der Waals surface area contributed by atoms with Gasteiger partial charge in [0.2, 0.25) is 0 Å². The number of hydrogen-bond donors (Lipinski definition) is 2. The van der Waals surface area contributed by atoms with Crippen molar-refractivity contribution in [2.24, 2.45) is 0 Å². The van der Waals surface area contributed by atoms with E-state index in [0.29, 0.717) is 5.69 Å². The van der Waals surface area contributed by atoms with E-state index in [1.54, 1.807) is 0 Å². The quantitative estimate of drug-likeness (QED) is 0.829. The second-order valence-electron chi connectivity index (χ2n) is 3.79. The van der Waals surface area contributed by atoms with Crippen molar-refractivity contribution in [1.29, 1.82) is 0 Å². The Kier molecular flexibility index (Phi) is 3.66. The summed E-state index contributed by atoms with van der Waals surface area (Å²) in [4.78, 5) is 11.9. The second-order valence-corrected chi connectivity index (χ2v) is 4.20. The molecule has 2 aromatic rings. The van der Waals surface area contributed by atoms with Crippen molar-refractivity contribution in [2.75, 3.05) is 11.1 Å². The maximum absolute atomic E-state index is 13.4. The van der Waals surface area contributed by atoms with Gasteiger partial charge in [0.05, 0.1) is 16.3 Å². The Morgan fingerprint density at radius 1 is 1.21 bits per heavy atom. The van der Waals surface area contributed by atoms with E-state index in [1.165, 1.54) is 30.3 Å². The van der Waals surface area contributed by atoms with E-state index >= 15 is 0 Å². The minimum Gasteiger partial charge on any atom is -0.399 e. The van der Waals surface area contributed by atoms with Crippen LogP contribution < -0.4 is 11.1 Å². The zero-order chi connectivity index (χ0) is 14.0. The largest absolute Gasteiger partial charge is 0.399 e. The summed E-state index contributed by atoms with van der Waals surface area (Å²) >= 11 is 5.84. The van der Waals surface area contributed by atoms with Gasteiger partial charge in [-0.2, -0.15) is 0 Å². The monoisotopic (exact) mass is 282 g/mol. The van der Waals surface area contributed by atoms with Crippen LogP contribution in [0.3, 0.4) is 0 Å². The summed E-state index contributed by atoms with van der Waals surface area (Å²) in [5.74, 6) is -2.84. The molecule has 0 unspecified atom stereocenters. The van der Waals surface area contributed by atoms with Crippen LogP contribution in [-0.2, 0) is 0 Å². The number of rotatable bonds is 2. The number of hydrogen-bond acceptors (Lipinski definition) is 2. The predicted octanol–water partition coefficient (Wildman–Crippen LogP) is 3.45.